The van der Waals surface area contributed by atoms with E-state index in [1.54, 1.807) is 48.6 Å². The number of nitrogens with zero attached hydrogens (tertiary/aromatic N) is 2. The number of rotatable bonds is 6. The van der Waals surface area contributed by atoms with Crippen LogP contribution in [0.1, 0.15) is 26.6 Å². The number of hydrogen-bond acceptors (Lipinski definition) is 6. The van der Waals surface area contributed by atoms with Crippen molar-refractivity contribution >= 4 is 28.6 Å². The molecule has 0 bridgehead atoms. The van der Waals surface area contributed by atoms with Gasteiger partial charge in [0.05, 0.1) is 26.9 Å². The maximum Gasteiger partial charge on any atom is 0.274 e. The molecule has 0 saturated carbocycles. The van der Waals surface area contributed by atoms with Crippen molar-refractivity contribution in [1.82, 2.24) is 4.98 Å². The van der Waals surface area contributed by atoms with Crippen LogP contribution in [-0.2, 0) is 6.61 Å². The summed E-state index contributed by atoms with van der Waals surface area (Å²) in [5.74, 6) is 0.281. The normalized spacial score (nSPS) is 10.4. The highest BCUT2D eigenvalue weighted by molar-refractivity contribution is 7.09. The van der Waals surface area contributed by atoms with Crippen LogP contribution in [-0.4, -0.2) is 15.8 Å². The number of anilines is 1. The monoisotopic (exact) mass is 383 g/mol. The predicted molar refractivity (Wildman–Crippen MR) is 103 cm³/mol. The summed E-state index contributed by atoms with van der Waals surface area (Å²) in [5.41, 5.74) is 2.08. The van der Waals surface area contributed by atoms with E-state index in [0.29, 0.717) is 29.2 Å². The second-order valence-corrected chi connectivity index (χ2v) is 6.89. The molecule has 0 spiro atoms. The van der Waals surface area contributed by atoms with Crippen molar-refractivity contribution in [2.45, 2.75) is 20.5 Å². The van der Waals surface area contributed by atoms with Gasteiger partial charge in [-0.25, -0.2) is 4.98 Å². The smallest absolute Gasteiger partial charge is 0.274 e. The number of aryl methyl sites for hydroxylation is 1. The van der Waals surface area contributed by atoms with E-state index in [2.05, 4.69) is 10.3 Å². The fourth-order valence-corrected chi connectivity index (χ4v) is 3.08. The Balaban J connectivity index is 1.65. The third-order valence-electron chi connectivity index (χ3n) is 3.92. The van der Waals surface area contributed by atoms with Crippen molar-refractivity contribution in [2.75, 3.05) is 5.32 Å². The number of carbonyl (C=O) groups is 1. The van der Waals surface area contributed by atoms with Gasteiger partial charge in [-0.05, 0) is 44.2 Å². The minimum absolute atomic E-state index is 0.0335. The van der Waals surface area contributed by atoms with Gasteiger partial charge < -0.3 is 10.1 Å². The van der Waals surface area contributed by atoms with Crippen molar-refractivity contribution in [3.05, 3.63) is 79.8 Å². The van der Waals surface area contributed by atoms with E-state index in [4.69, 9.17) is 4.74 Å². The predicted octanol–water partition coefficient (Wildman–Crippen LogP) is 4.50. The number of amides is 1. The first-order valence-corrected chi connectivity index (χ1v) is 9.01. The summed E-state index contributed by atoms with van der Waals surface area (Å²) in [7, 11) is 0. The fraction of sp³-hybridized carbons (Fsp3) is 0.158. The van der Waals surface area contributed by atoms with Crippen LogP contribution in [0.25, 0.3) is 0 Å². The largest absolute Gasteiger partial charge is 0.487 e. The maximum absolute atomic E-state index is 12.4. The molecular formula is C19H17N3O4S. The van der Waals surface area contributed by atoms with Crippen molar-refractivity contribution < 1.29 is 14.5 Å². The van der Waals surface area contributed by atoms with Gasteiger partial charge in [-0.3, -0.25) is 14.9 Å². The summed E-state index contributed by atoms with van der Waals surface area (Å²) >= 11 is 1.56. The van der Waals surface area contributed by atoms with Crippen molar-refractivity contribution in [3.8, 4) is 5.75 Å². The molecule has 0 fully saturated rings. The lowest BCUT2D eigenvalue weighted by Crippen LogP contribution is -2.13. The number of aromatic nitrogens is 1. The van der Waals surface area contributed by atoms with Gasteiger partial charge in [0, 0.05) is 17.0 Å². The van der Waals surface area contributed by atoms with Crippen LogP contribution in [0.2, 0.25) is 0 Å². The molecule has 0 atom stereocenters. The van der Waals surface area contributed by atoms with Gasteiger partial charge in [0.2, 0.25) is 0 Å². The third-order valence-corrected chi connectivity index (χ3v) is 4.74. The molecule has 7 nitrogen and oxygen atoms in total. The van der Waals surface area contributed by atoms with Crippen LogP contribution in [0.15, 0.2) is 47.8 Å². The van der Waals surface area contributed by atoms with Crippen LogP contribution in [0, 0.1) is 24.0 Å². The summed E-state index contributed by atoms with van der Waals surface area (Å²) in [5, 5.41) is 16.6. The van der Waals surface area contributed by atoms with E-state index in [1.807, 2.05) is 12.3 Å². The van der Waals surface area contributed by atoms with E-state index in [0.717, 1.165) is 10.7 Å². The molecule has 3 rings (SSSR count). The molecule has 1 amide bonds. The van der Waals surface area contributed by atoms with Gasteiger partial charge in [0.1, 0.15) is 12.4 Å². The van der Waals surface area contributed by atoms with Gasteiger partial charge in [0.15, 0.2) is 0 Å². The number of benzene rings is 2. The zero-order valence-corrected chi connectivity index (χ0v) is 15.6. The molecule has 0 aliphatic heterocycles. The molecule has 1 aromatic heterocycles. The standard InChI is InChI=1S/C19H17N3O4S/c1-12-17(4-3-5-18(12)22(24)25)21-19(23)14-6-8-16(9-7-14)26-10-15-11-27-13(2)20-15/h3-9,11H,10H2,1-2H3,(H,21,23). The first-order chi connectivity index (χ1) is 12.9. The number of thiazole rings is 1. The number of nitrogens with one attached hydrogen (secondary N) is 1. The lowest BCUT2D eigenvalue weighted by Gasteiger charge is -2.09. The maximum atomic E-state index is 12.4. The highest BCUT2D eigenvalue weighted by Crippen LogP contribution is 2.25. The molecular weight excluding hydrogens is 366 g/mol. The molecule has 0 aliphatic carbocycles. The summed E-state index contributed by atoms with van der Waals surface area (Å²) < 4.78 is 5.66. The minimum Gasteiger partial charge on any atom is -0.487 e. The molecule has 3 aromatic rings. The van der Waals surface area contributed by atoms with Gasteiger partial charge >= 0.3 is 0 Å². The van der Waals surface area contributed by atoms with Crippen LogP contribution in [0.3, 0.4) is 0 Å². The van der Waals surface area contributed by atoms with Crippen molar-refractivity contribution in [3.63, 3.8) is 0 Å². The zero-order chi connectivity index (χ0) is 19.4. The van der Waals surface area contributed by atoms with Crippen LogP contribution in [0.4, 0.5) is 11.4 Å². The molecule has 1 heterocycles. The average Bonchev–Trinajstić information content (AvgIpc) is 3.07. The summed E-state index contributed by atoms with van der Waals surface area (Å²) in [6, 6.07) is 11.3. The molecule has 0 radical (unpaired) electrons. The van der Waals surface area contributed by atoms with Gasteiger partial charge in [-0.2, -0.15) is 0 Å². The van der Waals surface area contributed by atoms with E-state index in [1.165, 1.54) is 12.1 Å². The number of nitro benzene ring substituents is 1. The molecule has 0 unspecified atom stereocenters. The van der Waals surface area contributed by atoms with E-state index in [-0.39, 0.29) is 11.6 Å². The lowest BCUT2D eigenvalue weighted by molar-refractivity contribution is -0.385. The number of nitro groups is 1. The molecule has 8 heteroatoms. The highest BCUT2D eigenvalue weighted by atomic mass is 32.1. The number of carbonyl (C=O) groups excluding carboxylic acids is 1. The summed E-state index contributed by atoms with van der Waals surface area (Å²) in [6.07, 6.45) is 0. The zero-order valence-electron chi connectivity index (χ0n) is 14.8. The van der Waals surface area contributed by atoms with Gasteiger partial charge in [-0.15, -0.1) is 11.3 Å². The Morgan fingerprint density at radius 1 is 1.22 bits per heavy atom. The molecule has 1 N–H and O–H groups in total. The molecule has 138 valence electrons. The van der Waals surface area contributed by atoms with E-state index in [9.17, 15) is 14.9 Å². The summed E-state index contributed by atoms with van der Waals surface area (Å²) in [6.45, 7) is 3.90. The SMILES string of the molecule is Cc1nc(COc2ccc(C(=O)Nc3cccc([N+](=O)[O-])c3C)cc2)cs1. The van der Waals surface area contributed by atoms with E-state index >= 15 is 0 Å². The van der Waals surface area contributed by atoms with Gasteiger partial charge in [-0.1, -0.05) is 6.07 Å². The third kappa shape index (κ3) is 4.48. The van der Waals surface area contributed by atoms with Crippen LogP contribution >= 0.6 is 11.3 Å². The second kappa shape index (κ2) is 7.96. The Hall–Kier alpha value is -3.26. The van der Waals surface area contributed by atoms with Crippen LogP contribution < -0.4 is 10.1 Å². The Kier molecular flexibility index (Phi) is 5.46. The lowest BCUT2D eigenvalue weighted by atomic mass is 10.1. The molecule has 27 heavy (non-hydrogen) atoms. The first kappa shape index (κ1) is 18.5. The molecule has 0 saturated heterocycles. The van der Waals surface area contributed by atoms with Crippen LogP contribution in [0.5, 0.6) is 5.75 Å². The number of hydrogen-bond donors (Lipinski definition) is 1. The Bertz CT molecular complexity index is 983. The average molecular weight is 383 g/mol. The minimum atomic E-state index is -0.471. The Morgan fingerprint density at radius 3 is 2.59 bits per heavy atom. The molecule has 2 aromatic carbocycles. The van der Waals surface area contributed by atoms with Crippen molar-refractivity contribution in [1.29, 1.82) is 0 Å². The number of ether oxygens (including phenoxy) is 1. The Labute approximate surface area is 159 Å². The quantitative estimate of drug-likeness (QED) is 0.499. The van der Waals surface area contributed by atoms with Crippen molar-refractivity contribution in [2.24, 2.45) is 0 Å². The summed E-state index contributed by atoms with van der Waals surface area (Å²) in [4.78, 5) is 27.3. The van der Waals surface area contributed by atoms with E-state index < -0.39 is 4.92 Å². The fourth-order valence-electron chi connectivity index (χ4n) is 2.49. The topological polar surface area (TPSA) is 94.4 Å². The Morgan fingerprint density at radius 2 is 1.96 bits per heavy atom. The van der Waals surface area contributed by atoms with Gasteiger partial charge in [0.25, 0.3) is 11.6 Å². The molecule has 0 aliphatic rings. The second-order valence-electron chi connectivity index (χ2n) is 5.83. The highest BCUT2D eigenvalue weighted by Gasteiger charge is 2.15. The first-order valence-electron chi connectivity index (χ1n) is 8.13.